The highest BCUT2D eigenvalue weighted by Crippen LogP contribution is 2.36. The second kappa shape index (κ2) is 3.72. The van der Waals surface area contributed by atoms with Gasteiger partial charge in [0, 0.05) is 45.8 Å². The fourth-order valence-corrected chi connectivity index (χ4v) is 3.44. The molecule has 2 heterocycles. The van der Waals surface area contributed by atoms with Crippen molar-refractivity contribution in [1.82, 2.24) is 10.2 Å². The predicted molar refractivity (Wildman–Crippen MR) is 59.9 cm³/mol. The molecule has 0 radical (unpaired) electrons. The van der Waals surface area contributed by atoms with Crippen LogP contribution >= 0.6 is 0 Å². The van der Waals surface area contributed by atoms with E-state index < -0.39 is 0 Å². The molecule has 3 aliphatic rings. The molecule has 0 bridgehead atoms. The molecule has 3 fully saturated rings. The van der Waals surface area contributed by atoms with Crippen molar-refractivity contribution < 1.29 is 4.74 Å². The van der Waals surface area contributed by atoms with Crippen molar-refractivity contribution in [3.05, 3.63) is 0 Å². The van der Waals surface area contributed by atoms with Gasteiger partial charge in [-0.2, -0.15) is 0 Å². The summed E-state index contributed by atoms with van der Waals surface area (Å²) >= 11 is 0. The number of hydrogen-bond acceptors (Lipinski definition) is 3. The fraction of sp³-hybridized carbons (Fsp3) is 1.00. The van der Waals surface area contributed by atoms with Gasteiger partial charge in [0.15, 0.2) is 0 Å². The molecule has 15 heavy (non-hydrogen) atoms. The Kier molecular flexibility index (Phi) is 2.49. The third-order valence-corrected chi connectivity index (χ3v) is 4.68. The van der Waals surface area contributed by atoms with E-state index in [-0.39, 0.29) is 5.60 Å². The summed E-state index contributed by atoms with van der Waals surface area (Å²) in [5.74, 6) is 1.72. The molecule has 1 N–H and O–H groups in total. The minimum absolute atomic E-state index is 0.143. The van der Waals surface area contributed by atoms with Crippen LogP contribution in [0.5, 0.6) is 0 Å². The molecule has 2 atom stereocenters. The maximum absolute atomic E-state index is 5.78. The van der Waals surface area contributed by atoms with Gasteiger partial charge in [-0.15, -0.1) is 0 Å². The molecular weight excluding hydrogens is 188 g/mol. The highest BCUT2D eigenvalue weighted by molar-refractivity contribution is 5.05. The first-order chi connectivity index (χ1) is 7.32. The number of ether oxygens (including phenoxy) is 1. The summed E-state index contributed by atoms with van der Waals surface area (Å²) in [6.45, 7) is 5.92. The summed E-state index contributed by atoms with van der Waals surface area (Å²) in [4.78, 5) is 2.64. The summed E-state index contributed by atoms with van der Waals surface area (Å²) < 4.78 is 5.78. The zero-order valence-corrected chi connectivity index (χ0v) is 9.67. The van der Waals surface area contributed by atoms with Crippen LogP contribution in [0.25, 0.3) is 0 Å². The van der Waals surface area contributed by atoms with Gasteiger partial charge in [0.05, 0.1) is 5.60 Å². The van der Waals surface area contributed by atoms with E-state index >= 15 is 0 Å². The molecule has 3 rings (SSSR count). The molecule has 2 aliphatic heterocycles. The fourth-order valence-electron chi connectivity index (χ4n) is 3.44. The molecule has 2 unspecified atom stereocenters. The Bertz CT molecular complexity index is 242. The number of nitrogens with zero attached hydrogens (tertiary/aromatic N) is 1. The Morgan fingerprint density at radius 2 is 2.33 bits per heavy atom. The largest absolute Gasteiger partial charge is 0.375 e. The van der Waals surface area contributed by atoms with Crippen LogP contribution in [0.4, 0.5) is 0 Å². The molecule has 0 aromatic heterocycles. The standard InChI is InChI=1S/C12H22N2O/c1-15-12-8-13-5-11(12)7-14(9-12)6-10-3-2-4-10/h10-11,13H,2-9H2,1H3. The van der Waals surface area contributed by atoms with Crippen LogP contribution in [0.2, 0.25) is 0 Å². The lowest BCUT2D eigenvalue weighted by atomic mass is 9.85. The summed E-state index contributed by atoms with van der Waals surface area (Å²) in [5.41, 5.74) is 0.143. The van der Waals surface area contributed by atoms with Crippen LogP contribution in [-0.4, -0.2) is 50.3 Å². The van der Waals surface area contributed by atoms with E-state index in [1.807, 2.05) is 7.11 Å². The van der Waals surface area contributed by atoms with Crippen molar-refractivity contribution in [2.75, 3.05) is 39.8 Å². The molecule has 0 aromatic rings. The Balaban J connectivity index is 1.61. The molecule has 0 aromatic carbocycles. The number of likely N-dealkylation sites (tertiary alicyclic amines) is 1. The first-order valence-corrected chi connectivity index (χ1v) is 6.31. The topological polar surface area (TPSA) is 24.5 Å². The third kappa shape index (κ3) is 1.61. The zero-order valence-electron chi connectivity index (χ0n) is 9.67. The van der Waals surface area contributed by atoms with Gasteiger partial charge in [-0.05, 0) is 18.8 Å². The van der Waals surface area contributed by atoms with Crippen molar-refractivity contribution in [2.45, 2.75) is 24.9 Å². The second-order valence-corrected chi connectivity index (χ2v) is 5.59. The summed E-state index contributed by atoms with van der Waals surface area (Å²) in [6, 6.07) is 0. The van der Waals surface area contributed by atoms with E-state index in [2.05, 4.69) is 10.2 Å². The van der Waals surface area contributed by atoms with Crippen molar-refractivity contribution in [3.63, 3.8) is 0 Å². The monoisotopic (exact) mass is 210 g/mol. The predicted octanol–water partition coefficient (Wildman–Crippen LogP) is 0.707. The van der Waals surface area contributed by atoms with Crippen LogP contribution in [0.15, 0.2) is 0 Å². The quantitative estimate of drug-likeness (QED) is 0.742. The molecule has 3 nitrogen and oxygen atoms in total. The van der Waals surface area contributed by atoms with Crippen molar-refractivity contribution >= 4 is 0 Å². The number of methoxy groups -OCH3 is 1. The first kappa shape index (κ1) is 10.1. The van der Waals surface area contributed by atoms with Crippen molar-refractivity contribution in [2.24, 2.45) is 11.8 Å². The highest BCUT2D eigenvalue weighted by Gasteiger charge is 2.50. The second-order valence-electron chi connectivity index (χ2n) is 5.59. The SMILES string of the molecule is COC12CNCC1CN(CC1CCC1)C2. The Hall–Kier alpha value is -0.120. The van der Waals surface area contributed by atoms with E-state index in [4.69, 9.17) is 4.74 Å². The van der Waals surface area contributed by atoms with Gasteiger partial charge >= 0.3 is 0 Å². The number of fused-ring (bicyclic) bond motifs is 1. The van der Waals surface area contributed by atoms with E-state index in [0.717, 1.165) is 31.5 Å². The number of hydrogen-bond donors (Lipinski definition) is 1. The summed E-state index contributed by atoms with van der Waals surface area (Å²) in [6.07, 6.45) is 4.37. The normalized spacial score (nSPS) is 41.8. The minimum atomic E-state index is 0.143. The lowest BCUT2D eigenvalue weighted by Gasteiger charge is -2.31. The van der Waals surface area contributed by atoms with Crippen LogP contribution < -0.4 is 5.32 Å². The average molecular weight is 210 g/mol. The highest BCUT2D eigenvalue weighted by atomic mass is 16.5. The van der Waals surface area contributed by atoms with Gasteiger partial charge in [0.1, 0.15) is 0 Å². The Morgan fingerprint density at radius 1 is 1.47 bits per heavy atom. The van der Waals surface area contributed by atoms with Crippen molar-refractivity contribution in [1.29, 1.82) is 0 Å². The smallest absolute Gasteiger partial charge is 0.0980 e. The summed E-state index contributed by atoms with van der Waals surface area (Å²) in [5, 5.41) is 3.47. The molecule has 2 saturated heterocycles. The van der Waals surface area contributed by atoms with Crippen LogP contribution in [0, 0.1) is 11.8 Å². The van der Waals surface area contributed by atoms with E-state index in [1.165, 1.54) is 32.4 Å². The Morgan fingerprint density at radius 3 is 2.93 bits per heavy atom. The van der Waals surface area contributed by atoms with E-state index in [1.54, 1.807) is 0 Å². The van der Waals surface area contributed by atoms with Crippen LogP contribution in [0.3, 0.4) is 0 Å². The average Bonchev–Trinajstić information content (AvgIpc) is 2.67. The molecule has 0 spiro atoms. The molecule has 3 heteroatoms. The lowest BCUT2D eigenvalue weighted by Crippen LogP contribution is -2.42. The number of rotatable bonds is 3. The molecule has 0 amide bonds. The van der Waals surface area contributed by atoms with Gasteiger partial charge in [0.2, 0.25) is 0 Å². The van der Waals surface area contributed by atoms with Crippen LogP contribution in [-0.2, 0) is 4.74 Å². The maximum atomic E-state index is 5.78. The minimum Gasteiger partial charge on any atom is -0.375 e. The maximum Gasteiger partial charge on any atom is 0.0980 e. The lowest BCUT2D eigenvalue weighted by molar-refractivity contribution is -0.00703. The van der Waals surface area contributed by atoms with Gasteiger partial charge in [0.25, 0.3) is 0 Å². The van der Waals surface area contributed by atoms with Crippen molar-refractivity contribution in [3.8, 4) is 0 Å². The van der Waals surface area contributed by atoms with Gasteiger partial charge < -0.3 is 10.1 Å². The third-order valence-electron chi connectivity index (χ3n) is 4.68. The van der Waals surface area contributed by atoms with E-state index in [0.29, 0.717) is 0 Å². The van der Waals surface area contributed by atoms with E-state index in [9.17, 15) is 0 Å². The molecule has 1 saturated carbocycles. The Labute approximate surface area is 92.2 Å². The molecular formula is C12H22N2O. The summed E-state index contributed by atoms with van der Waals surface area (Å²) in [7, 11) is 1.88. The molecule has 1 aliphatic carbocycles. The first-order valence-electron chi connectivity index (χ1n) is 6.31. The van der Waals surface area contributed by atoms with Gasteiger partial charge in [-0.1, -0.05) is 6.42 Å². The van der Waals surface area contributed by atoms with Gasteiger partial charge in [-0.3, -0.25) is 4.90 Å². The molecule has 86 valence electrons. The van der Waals surface area contributed by atoms with Crippen LogP contribution in [0.1, 0.15) is 19.3 Å². The number of nitrogens with one attached hydrogen (secondary N) is 1. The zero-order chi connectivity index (χ0) is 10.3. The van der Waals surface area contributed by atoms with Gasteiger partial charge in [-0.25, -0.2) is 0 Å².